The van der Waals surface area contributed by atoms with Crippen LogP contribution in [0, 0.1) is 17.8 Å². The molecule has 2 saturated heterocycles. The summed E-state index contributed by atoms with van der Waals surface area (Å²) in [5.41, 5.74) is 3.62. The predicted molar refractivity (Wildman–Crippen MR) is 137 cm³/mol. The van der Waals surface area contributed by atoms with Crippen molar-refractivity contribution in [3.05, 3.63) is 45.5 Å². The minimum absolute atomic E-state index is 0.0924. The van der Waals surface area contributed by atoms with Gasteiger partial charge < -0.3 is 24.3 Å². The molecule has 4 atom stereocenters. The fraction of sp³-hybridized carbons (Fsp3) is 0.500. The summed E-state index contributed by atoms with van der Waals surface area (Å²) in [6.45, 7) is 2.29. The number of amides is 3. The zero-order valence-corrected chi connectivity index (χ0v) is 21.9. The molecule has 2 N–H and O–H groups in total. The second kappa shape index (κ2) is 11.4. The number of likely N-dealkylation sites (tertiary alicyclic amines) is 1. The Morgan fingerprint density at radius 3 is 2.68 bits per heavy atom. The second-order valence-corrected chi connectivity index (χ2v) is 10.0. The molecule has 0 radical (unpaired) electrons. The minimum Gasteiger partial charge on any atom is -0.508 e. The molecule has 9 nitrogen and oxygen atoms in total. The van der Waals surface area contributed by atoms with Gasteiger partial charge in [-0.05, 0) is 72.8 Å². The van der Waals surface area contributed by atoms with E-state index in [4.69, 9.17) is 21.0 Å². The van der Waals surface area contributed by atoms with Gasteiger partial charge >= 0.3 is 13.2 Å². The van der Waals surface area contributed by atoms with Crippen molar-refractivity contribution < 1.29 is 38.6 Å². The maximum absolute atomic E-state index is 13.2. The third-order valence-corrected chi connectivity index (χ3v) is 7.84. The van der Waals surface area contributed by atoms with Crippen LogP contribution in [0.1, 0.15) is 38.2 Å². The van der Waals surface area contributed by atoms with Crippen molar-refractivity contribution in [2.75, 3.05) is 20.8 Å². The van der Waals surface area contributed by atoms with Crippen LogP contribution >= 0.6 is 11.6 Å². The maximum atomic E-state index is 13.2. The molecule has 0 bridgehead atoms. The molecule has 0 unspecified atom stereocenters. The largest absolute Gasteiger partial charge is 0.508 e. The van der Waals surface area contributed by atoms with Crippen molar-refractivity contribution in [3.8, 4) is 5.75 Å². The molecule has 2 heterocycles. The number of carbonyl (C=O) groups excluding carboxylic acids is 3. The molecule has 2 aliphatic heterocycles. The summed E-state index contributed by atoms with van der Waals surface area (Å²) in [4.78, 5) is 39.1. The van der Waals surface area contributed by atoms with Gasteiger partial charge in [-0.1, -0.05) is 30.2 Å². The highest BCUT2D eigenvalue weighted by molar-refractivity contribution is 6.43. The van der Waals surface area contributed by atoms with E-state index in [1.165, 1.54) is 6.07 Å². The number of carbonyl (C=O) groups is 3. The first-order valence-corrected chi connectivity index (χ1v) is 12.8. The maximum Gasteiger partial charge on any atom is 0.455 e. The van der Waals surface area contributed by atoms with Crippen LogP contribution in [-0.2, 0) is 23.7 Å². The number of halogens is 1. The molecule has 3 aliphatic rings. The number of nitrogens with zero attached hydrogens (tertiary/aromatic N) is 1. The van der Waals surface area contributed by atoms with Crippen LogP contribution in [0.2, 0.25) is 11.3 Å². The lowest BCUT2D eigenvalue weighted by Gasteiger charge is -2.43. The van der Waals surface area contributed by atoms with Gasteiger partial charge in [-0.15, -0.1) is 0 Å². The van der Waals surface area contributed by atoms with Crippen LogP contribution in [0.5, 0.6) is 5.75 Å². The van der Waals surface area contributed by atoms with Crippen LogP contribution in [0.3, 0.4) is 0 Å². The molecule has 1 aromatic carbocycles. The first-order chi connectivity index (χ1) is 17.7. The van der Waals surface area contributed by atoms with Crippen LogP contribution < -0.4 is 0 Å². The lowest BCUT2D eigenvalue weighted by atomic mass is 9.58. The van der Waals surface area contributed by atoms with Crippen molar-refractivity contribution in [1.82, 2.24) is 4.90 Å². The van der Waals surface area contributed by atoms with Gasteiger partial charge in [-0.3, -0.25) is 9.59 Å². The quantitative estimate of drug-likeness (QED) is 0.309. The summed E-state index contributed by atoms with van der Waals surface area (Å²) in [5, 5.41) is 20.7. The van der Waals surface area contributed by atoms with E-state index in [1.54, 1.807) is 19.2 Å². The van der Waals surface area contributed by atoms with Crippen LogP contribution in [-0.4, -0.2) is 67.0 Å². The number of benzene rings is 1. The minimum atomic E-state index is -1.11. The summed E-state index contributed by atoms with van der Waals surface area (Å²) in [6, 6.07) is 4.82. The van der Waals surface area contributed by atoms with Gasteiger partial charge in [0.15, 0.2) is 0 Å². The molecule has 2 fully saturated rings. The molecule has 0 spiro atoms. The Kier molecular flexibility index (Phi) is 8.43. The Balaban J connectivity index is 1.63. The van der Waals surface area contributed by atoms with Crippen LogP contribution in [0.4, 0.5) is 4.79 Å². The molecule has 0 saturated carbocycles. The fourth-order valence-electron chi connectivity index (χ4n) is 5.86. The zero-order chi connectivity index (χ0) is 26.9. The van der Waals surface area contributed by atoms with E-state index < -0.39 is 48.9 Å². The number of rotatable bonds is 7. The molecule has 11 heteroatoms. The number of phenolic OH excluding ortho intramolecular Hbond substituents is 1. The summed E-state index contributed by atoms with van der Waals surface area (Å²) >= 11 is 6.29. The van der Waals surface area contributed by atoms with Gasteiger partial charge in [0, 0.05) is 7.11 Å². The number of allylic oxidation sites excluding steroid dienone is 1. The molecule has 198 valence electrons. The summed E-state index contributed by atoms with van der Waals surface area (Å²) in [7, 11) is 1.57. The third-order valence-electron chi connectivity index (χ3n) is 7.51. The highest BCUT2D eigenvalue weighted by atomic mass is 35.5. The highest BCUT2D eigenvalue weighted by Crippen LogP contribution is 2.50. The lowest BCUT2D eigenvalue weighted by Crippen LogP contribution is -2.46. The van der Waals surface area contributed by atoms with Crippen molar-refractivity contribution in [3.63, 3.8) is 0 Å². The van der Waals surface area contributed by atoms with Crippen LogP contribution in [0.25, 0.3) is 6.08 Å². The number of ether oxygens (including phenoxy) is 2. The highest BCUT2D eigenvalue weighted by Gasteiger charge is 2.59. The molecule has 1 aromatic rings. The van der Waals surface area contributed by atoms with E-state index in [1.807, 2.05) is 13.0 Å². The van der Waals surface area contributed by atoms with Gasteiger partial charge in [0.1, 0.15) is 5.75 Å². The van der Waals surface area contributed by atoms with Gasteiger partial charge in [0.2, 0.25) is 11.8 Å². The fourth-order valence-corrected chi connectivity index (χ4v) is 6.09. The van der Waals surface area contributed by atoms with Gasteiger partial charge in [0.05, 0.1) is 36.7 Å². The van der Waals surface area contributed by atoms with E-state index in [-0.39, 0.29) is 25.1 Å². The van der Waals surface area contributed by atoms with Crippen LogP contribution in [0.15, 0.2) is 34.9 Å². The number of hydrogen-bond acceptors (Lipinski definition) is 8. The average molecular weight is 532 g/mol. The number of hydrogen-bond donors (Lipinski definition) is 2. The van der Waals surface area contributed by atoms with E-state index in [0.29, 0.717) is 22.8 Å². The molecule has 3 amide bonds. The SMILES string of the molecule is CC/C(=C\c1ccc(O)cc1Cl)CC[C@H]1OB(O)C[C@H]2C1=C(COC)C[C@H]1C(=O)N(C(=O)OC)C(=O)[C@H]12. The molecular formula is C26H31BClNO8. The summed E-state index contributed by atoms with van der Waals surface area (Å²) in [5.74, 6) is -3.00. The van der Waals surface area contributed by atoms with E-state index in [2.05, 4.69) is 4.74 Å². The van der Waals surface area contributed by atoms with Crippen molar-refractivity contribution in [1.29, 1.82) is 0 Å². The molecule has 0 aromatic heterocycles. The van der Waals surface area contributed by atoms with Gasteiger partial charge in [-0.25, -0.2) is 4.79 Å². The normalized spacial score (nSPS) is 25.9. The smallest absolute Gasteiger partial charge is 0.455 e. The topological polar surface area (TPSA) is 123 Å². The van der Waals surface area contributed by atoms with Gasteiger partial charge in [-0.2, -0.15) is 4.90 Å². The number of imide groups is 3. The zero-order valence-electron chi connectivity index (χ0n) is 21.1. The van der Waals surface area contributed by atoms with Crippen molar-refractivity contribution in [2.45, 2.75) is 45.0 Å². The molecular weight excluding hydrogens is 501 g/mol. The Morgan fingerprint density at radius 1 is 1.27 bits per heavy atom. The summed E-state index contributed by atoms with van der Waals surface area (Å²) < 4.78 is 16.1. The van der Waals surface area contributed by atoms with E-state index in [0.717, 1.165) is 35.8 Å². The third kappa shape index (κ3) is 5.34. The molecule has 4 rings (SSSR count). The first-order valence-electron chi connectivity index (χ1n) is 12.4. The number of aromatic hydroxyl groups is 1. The van der Waals surface area contributed by atoms with E-state index in [9.17, 15) is 24.5 Å². The number of methoxy groups -OCH3 is 2. The second-order valence-electron chi connectivity index (χ2n) is 9.63. The predicted octanol–water partition coefficient (Wildman–Crippen LogP) is 3.83. The lowest BCUT2D eigenvalue weighted by molar-refractivity contribution is -0.137. The summed E-state index contributed by atoms with van der Waals surface area (Å²) in [6.07, 6.45) is 2.85. The number of fused-ring (bicyclic) bond motifs is 3. The Morgan fingerprint density at radius 2 is 2.03 bits per heavy atom. The monoisotopic (exact) mass is 531 g/mol. The standard InChI is InChI=1S/C26H31BClNO8/c1-4-14(9-15-6-7-17(30)11-20(15)28)5-8-21-22-16(13-35-2)10-18-23(19(22)12-27(34)37-21)25(32)29(24(18)31)26(33)36-3/h6-7,9,11,18-19,21,23,30,34H,4-5,8,10,12-13H2,1-3H3/b14-9+/t18-,19+,21-,23-/m1/s1. The number of phenols is 1. The molecule has 37 heavy (non-hydrogen) atoms. The Hall–Kier alpha value is -2.66. The van der Waals surface area contributed by atoms with Gasteiger partial charge in [0.25, 0.3) is 0 Å². The Bertz CT molecular complexity index is 1150. The average Bonchev–Trinajstić information content (AvgIpc) is 3.11. The van der Waals surface area contributed by atoms with E-state index >= 15 is 0 Å². The van der Waals surface area contributed by atoms with Crippen molar-refractivity contribution in [2.24, 2.45) is 17.8 Å². The Labute approximate surface area is 221 Å². The molecule has 1 aliphatic carbocycles. The van der Waals surface area contributed by atoms with Crippen molar-refractivity contribution >= 4 is 42.7 Å². The first kappa shape index (κ1) is 27.4.